The Morgan fingerprint density at radius 3 is 2.87 bits per heavy atom. The molecule has 0 spiro atoms. The minimum Gasteiger partial charge on any atom is -0.297 e. The van der Waals surface area contributed by atoms with E-state index in [2.05, 4.69) is 25.8 Å². The van der Waals surface area contributed by atoms with Gasteiger partial charge in [-0.1, -0.05) is 19.3 Å². The molecular weight excluding hydrogens is 354 g/mol. The molecule has 2 aromatic heterocycles. The van der Waals surface area contributed by atoms with Crippen molar-refractivity contribution in [1.82, 2.24) is 14.3 Å². The second-order valence-electron chi connectivity index (χ2n) is 6.99. The summed E-state index contributed by atoms with van der Waals surface area (Å²) >= 11 is 3.40. The van der Waals surface area contributed by atoms with Gasteiger partial charge in [-0.2, -0.15) is 0 Å². The third-order valence-electron chi connectivity index (χ3n) is 5.44. The van der Waals surface area contributed by atoms with Gasteiger partial charge in [-0.15, -0.1) is 0 Å². The topological polar surface area (TPSA) is 37.6 Å². The summed E-state index contributed by atoms with van der Waals surface area (Å²) in [5.41, 5.74) is 1.62. The van der Waals surface area contributed by atoms with Crippen molar-refractivity contribution in [1.29, 1.82) is 0 Å². The fraction of sp³-hybridized carbons (Fsp3) is 0.556. The molecule has 122 valence electrons. The van der Waals surface area contributed by atoms with E-state index in [1.54, 1.807) is 16.7 Å². The van der Waals surface area contributed by atoms with Crippen LogP contribution in [0.4, 0.5) is 0 Å². The molecule has 2 atom stereocenters. The number of hydrogen-bond acceptors (Lipinski definition) is 3. The van der Waals surface area contributed by atoms with Crippen molar-refractivity contribution in [2.75, 3.05) is 13.1 Å². The SMILES string of the molecule is O=c1cc(CN2CC[C@H]3CCCC[C@@H]3C2)nc2ccc(Br)cn12. The molecule has 1 saturated heterocycles. The monoisotopic (exact) mass is 375 g/mol. The van der Waals surface area contributed by atoms with E-state index < -0.39 is 0 Å². The highest BCUT2D eigenvalue weighted by Gasteiger charge is 2.31. The molecule has 0 aromatic carbocycles. The average Bonchev–Trinajstić information content (AvgIpc) is 2.55. The van der Waals surface area contributed by atoms with Crippen LogP contribution in [0.3, 0.4) is 0 Å². The Hall–Kier alpha value is -1.20. The maximum absolute atomic E-state index is 12.3. The first kappa shape index (κ1) is 15.3. The van der Waals surface area contributed by atoms with Gasteiger partial charge in [0.05, 0.1) is 5.69 Å². The molecule has 0 amide bonds. The zero-order chi connectivity index (χ0) is 15.8. The summed E-state index contributed by atoms with van der Waals surface area (Å²) < 4.78 is 2.49. The number of likely N-dealkylation sites (tertiary alicyclic amines) is 1. The summed E-state index contributed by atoms with van der Waals surface area (Å²) in [6, 6.07) is 5.51. The van der Waals surface area contributed by atoms with Gasteiger partial charge in [0.15, 0.2) is 0 Å². The molecule has 4 nitrogen and oxygen atoms in total. The number of rotatable bonds is 2. The number of pyridine rings is 1. The Balaban J connectivity index is 1.53. The Bertz CT molecular complexity index is 772. The molecule has 0 bridgehead atoms. The molecule has 3 heterocycles. The van der Waals surface area contributed by atoms with E-state index in [-0.39, 0.29) is 5.56 Å². The molecule has 0 unspecified atom stereocenters. The first-order valence-electron chi connectivity index (χ1n) is 8.59. The third-order valence-corrected chi connectivity index (χ3v) is 5.91. The molecule has 1 saturated carbocycles. The van der Waals surface area contributed by atoms with Crippen LogP contribution in [-0.4, -0.2) is 27.4 Å². The Morgan fingerprint density at radius 1 is 1.17 bits per heavy atom. The number of nitrogens with zero attached hydrogens (tertiary/aromatic N) is 3. The number of aromatic nitrogens is 2. The summed E-state index contributed by atoms with van der Waals surface area (Å²) in [5.74, 6) is 1.79. The van der Waals surface area contributed by atoms with E-state index >= 15 is 0 Å². The summed E-state index contributed by atoms with van der Waals surface area (Å²) in [4.78, 5) is 19.5. The van der Waals surface area contributed by atoms with Crippen LogP contribution in [0.15, 0.2) is 33.7 Å². The summed E-state index contributed by atoms with van der Waals surface area (Å²) in [6.07, 6.45) is 8.69. The van der Waals surface area contributed by atoms with E-state index in [1.165, 1.54) is 38.6 Å². The molecule has 23 heavy (non-hydrogen) atoms. The predicted molar refractivity (Wildman–Crippen MR) is 94.5 cm³/mol. The standard InChI is InChI=1S/C18H22BrN3O/c19-15-5-6-17-20-16(9-18(23)22(17)11-15)12-21-8-7-13-3-1-2-4-14(13)10-21/h5-6,9,11,13-14H,1-4,7-8,10,12H2/t13-,14-/m1/s1. The smallest absolute Gasteiger partial charge is 0.258 e. The highest BCUT2D eigenvalue weighted by molar-refractivity contribution is 9.10. The normalized spacial score (nSPS) is 25.4. The third kappa shape index (κ3) is 3.22. The van der Waals surface area contributed by atoms with Crippen LogP contribution in [0, 0.1) is 11.8 Å². The van der Waals surface area contributed by atoms with Gasteiger partial charge < -0.3 is 0 Å². The minimum atomic E-state index is -0.00106. The van der Waals surface area contributed by atoms with E-state index in [0.29, 0.717) is 0 Å². The van der Waals surface area contributed by atoms with Crippen LogP contribution in [0.5, 0.6) is 0 Å². The fourth-order valence-corrected chi connectivity index (χ4v) is 4.59. The van der Waals surface area contributed by atoms with Gasteiger partial charge in [0.1, 0.15) is 5.65 Å². The first-order chi connectivity index (χ1) is 11.2. The highest BCUT2D eigenvalue weighted by Crippen LogP contribution is 2.36. The van der Waals surface area contributed by atoms with Gasteiger partial charge >= 0.3 is 0 Å². The number of halogens is 1. The summed E-state index contributed by atoms with van der Waals surface area (Å²) in [6.45, 7) is 3.11. The summed E-state index contributed by atoms with van der Waals surface area (Å²) in [5, 5.41) is 0. The molecule has 2 aromatic rings. The number of piperidine rings is 1. The van der Waals surface area contributed by atoms with Gasteiger partial charge in [0.2, 0.25) is 0 Å². The molecule has 1 aliphatic heterocycles. The van der Waals surface area contributed by atoms with Crippen LogP contribution in [0.25, 0.3) is 5.65 Å². The van der Waals surface area contributed by atoms with E-state index in [4.69, 9.17) is 0 Å². The van der Waals surface area contributed by atoms with Crippen molar-refractivity contribution in [3.8, 4) is 0 Å². The lowest BCUT2D eigenvalue weighted by Gasteiger charge is -2.41. The molecule has 0 N–H and O–H groups in total. The van der Waals surface area contributed by atoms with Crippen molar-refractivity contribution >= 4 is 21.6 Å². The molecule has 5 heteroatoms. The zero-order valence-electron chi connectivity index (χ0n) is 13.2. The van der Waals surface area contributed by atoms with E-state index in [1.807, 2.05) is 12.1 Å². The Labute approximate surface area is 144 Å². The van der Waals surface area contributed by atoms with Crippen LogP contribution in [0.1, 0.15) is 37.8 Å². The van der Waals surface area contributed by atoms with Crippen LogP contribution in [-0.2, 0) is 6.54 Å². The van der Waals surface area contributed by atoms with Crippen LogP contribution < -0.4 is 5.56 Å². The van der Waals surface area contributed by atoms with Crippen molar-refractivity contribution < 1.29 is 0 Å². The van der Waals surface area contributed by atoms with Crippen molar-refractivity contribution in [3.05, 3.63) is 44.9 Å². The second kappa shape index (κ2) is 6.36. The maximum atomic E-state index is 12.3. The molecule has 2 fully saturated rings. The lowest BCUT2D eigenvalue weighted by Crippen LogP contribution is -2.41. The zero-order valence-corrected chi connectivity index (χ0v) is 14.8. The highest BCUT2D eigenvalue weighted by atomic mass is 79.9. The molecular formula is C18H22BrN3O. The van der Waals surface area contributed by atoms with Gasteiger partial charge in [-0.3, -0.25) is 14.1 Å². The van der Waals surface area contributed by atoms with E-state index in [9.17, 15) is 4.79 Å². The molecule has 4 rings (SSSR count). The quantitative estimate of drug-likeness (QED) is 0.806. The number of fused-ring (bicyclic) bond motifs is 2. The summed E-state index contributed by atoms with van der Waals surface area (Å²) in [7, 11) is 0. The number of hydrogen-bond donors (Lipinski definition) is 0. The largest absolute Gasteiger partial charge is 0.297 e. The van der Waals surface area contributed by atoms with Gasteiger partial charge in [0, 0.05) is 29.8 Å². The lowest BCUT2D eigenvalue weighted by atomic mass is 9.75. The maximum Gasteiger partial charge on any atom is 0.258 e. The Morgan fingerprint density at radius 2 is 2.00 bits per heavy atom. The molecule has 1 aliphatic carbocycles. The lowest BCUT2D eigenvalue weighted by molar-refractivity contribution is 0.0812. The van der Waals surface area contributed by atoms with Gasteiger partial charge in [-0.25, -0.2) is 4.98 Å². The Kier molecular flexibility index (Phi) is 4.24. The minimum absolute atomic E-state index is 0.00106. The van der Waals surface area contributed by atoms with Crippen molar-refractivity contribution in [2.24, 2.45) is 11.8 Å². The molecule has 0 radical (unpaired) electrons. The van der Waals surface area contributed by atoms with Gasteiger partial charge in [0.25, 0.3) is 5.56 Å². The molecule has 2 aliphatic rings. The second-order valence-corrected chi connectivity index (χ2v) is 7.91. The van der Waals surface area contributed by atoms with E-state index in [0.717, 1.165) is 40.7 Å². The van der Waals surface area contributed by atoms with Crippen molar-refractivity contribution in [2.45, 2.75) is 38.6 Å². The van der Waals surface area contributed by atoms with Crippen LogP contribution >= 0.6 is 15.9 Å². The first-order valence-corrected chi connectivity index (χ1v) is 9.38. The predicted octanol–water partition coefficient (Wildman–Crippen LogP) is 3.47. The van der Waals surface area contributed by atoms with Crippen LogP contribution in [0.2, 0.25) is 0 Å². The van der Waals surface area contributed by atoms with Gasteiger partial charge in [-0.05, 0) is 59.3 Å². The fourth-order valence-electron chi connectivity index (χ4n) is 4.26. The van der Waals surface area contributed by atoms with Crippen molar-refractivity contribution in [3.63, 3.8) is 0 Å². The average molecular weight is 376 g/mol.